The van der Waals surface area contributed by atoms with Crippen LogP contribution in [-0.2, 0) is 0 Å². The maximum atomic E-state index is 9.31. The van der Waals surface area contributed by atoms with E-state index in [1.165, 1.54) is 0 Å². The highest BCUT2D eigenvalue weighted by Crippen LogP contribution is 2.43. The zero-order chi connectivity index (χ0) is 39.7. The summed E-state index contributed by atoms with van der Waals surface area (Å²) in [5.41, 5.74) is 14.0. The van der Waals surface area contributed by atoms with Crippen LogP contribution in [-0.4, -0.2) is 11.7 Å². The van der Waals surface area contributed by atoms with Gasteiger partial charge in [-0.05, 0) is 81.4 Å². The Morgan fingerprint density at radius 1 is 0.475 bits per heavy atom. The van der Waals surface area contributed by atoms with Crippen LogP contribution in [0.3, 0.4) is 0 Å². The Kier molecular flexibility index (Phi) is 8.91. The largest absolute Gasteiger partial charge is 0.455 e. The third kappa shape index (κ3) is 6.72. The summed E-state index contributed by atoms with van der Waals surface area (Å²) in [6.07, 6.45) is -0.451. The fourth-order valence-corrected chi connectivity index (χ4v) is 7.81. The van der Waals surface area contributed by atoms with E-state index in [9.17, 15) is 10.5 Å². The van der Waals surface area contributed by atoms with Gasteiger partial charge in [0.05, 0.1) is 23.3 Å². The predicted molar refractivity (Wildman–Crippen MR) is 237 cm³/mol. The van der Waals surface area contributed by atoms with Gasteiger partial charge in [0.1, 0.15) is 23.2 Å². The highest BCUT2D eigenvalue weighted by atomic mass is 16.3. The third-order valence-electron chi connectivity index (χ3n) is 10.9. The molecule has 0 spiro atoms. The Morgan fingerprint density at radius 2 is 0.983 bits per heavy atom. The summed E-state index contributed by atoms with van der Waals surface area (Å²) >= 11 is 0. The molecule has 6 heteroatoms. The second kappa shape index (κ2) is 15.0. The molecular formula is C53H33N5O. The van der Waals surface area contributed by atoms with Crippen LogP contribution in [0.25, 0.3) is 66.4 Å². The Morgan fingerprint density at radius 3 is 1.54 bits per heavy atom. The van der Waals surface area contributed by atoms with Gasteiger partial charge in [0.2, 0.25) is 0 Å². The van der Waals surface area contributed by atoms with Crippen LogP contribution in [0.2, 0.25) is 0 Å². The minimum atomic E-state index is -0.451. The first-order valence-corrected chi connectivity index (χ1v) is 19.4. The molecule has 6 nitrogen and oxygen atoms in total. The standard InChI is InChI=1S/C53H33N5O/c54-32-34-14-18-36(19-15-34)38-22-24-40(25-23-38)44-30-46(41-28-26-39(27-29-41)37-20-16-35(33-55)17-21-37)50-47(31-44)49-45(12-7-13-48(49)59-50)53-57-51(42-8-3-1-4-9-42)56-52(58-53)43-10-5-2-6-11-43/h1-31,53H,(H,56,57,58). The van der Waals surface area contributed by atoms with Crippen molar-refractivity contribution >= 4 is 33.6 Å². The van der Waals surface area contributed by atoms with Crippen molar-refractivity contribution in [3.63, 3.8) is 0 Å². The quantitative estimate of drug-likeness (QED) is 0.175. The van der Waals surface area contributed by atoms with Crippen LogP contribution in [0.15, 0.2) is 202 Å². The summed E-state index contributed by atoms with van der Waals surface area (Å²) < 4.78 is 6.86. The van der Waals surface area contributed by atoms with Gasteiger partial charge in [-0.1, -0.05) is 146 Å². The van der Waals surface area contributed by atoms with Crippen LogP contribution >= 0.6 is 0 Å². The molecule has 59 heavy (non-hydrogen) atoms. The molecule has 1 N–H and O–H groups in total. The number of amidine groups is 2. The molecule has 0 radical (unpaired) electrons. The summed E-state index contributed by atoms with van der Waals surface area (Å²) in [6, 6.07) is 67.7. The van der Waals surface area contributed by atoms with Crippen LogP contribution < -0.4 is 5.32 Å². The van der Waals surface area contributed by atoms with Crippen molar-refractivity contribution in [3.05, 3.63) is 216 Å². The van der Waals surface area contributed by atoms with Gasteiger partial charge in [-0.2, -0.15) is 10.5 Å². The van der Waals surface area contributed by atoms with Crippen LogP contribution in [0.1, 0.15) is 34.0 Å². The summed E-state index contributed by atoms with van der Waals surface area (Å²) in [7, 11) is 0. The normalized spacial score (nSPS) is 13.6. The van der Waals surface area contributed by atoms with E-state index in [4.69, 9.17) is 14.4 Å². The highest BCUT2D eigenvalue weighted by Gasteiger charge is 2.26. The van der Waals surface area contributed by atoms with Gasteiger partial charge in [0, 0.05) is 33.0 Å². The Bertz CT molecular complexity index is 3150. The number of fused-ring (bicyclic) bond motifs is 3. The lowest BCUT2D eigenvalue weighted by atomic mass is 9.92. The molecule has 0 fully saturated rings. The molecule has 0 bridgehead atoms. The van der Waals surface area contributed by atoms with Crippen LogP contribution in [0, 0.1) is 22.7 Å². The number of aliphatic imine (C=N–C) groups is 2. The molecule has 8 aromatic carbocycles. The summed E-state index contributed by atoms with van der Waals surface area (Å²) in [6.45, 7) is 0. The van der Waals surface area contributed by atoms with E-state index in [1.54, 1.807) is 0 Å². The van der Waals surface area contributed by atoms with E-state index in [-0.39, 0.29) is 0 Å². The van der Waals surface area contributed by atoms with E-state index in [0.717, 1.165) is 89.0 Å². The molecule has 0 aliphatic carbocycles. The van der Waals surface area contributed by atoms with Crippen molar-refractivity contribution in [1.82, 2.24) is 5.32 Å². The lowest BCUT2D eigenvalue weighted by Gasteiger charge is -2.24. The third-order valence-corrected chi connectivity index (χ3v) is 10.9. The zero-order valence-electron chi connectivity index (χ0n) is 31.7. The maximum Gasteiger partial charge on any atom is 0.159 e. The van der Waals surface area contributed by atoms with E-state index in [2.05, 4.69) is 96.3 Å². The first kappa shape index (κ1) is 35.1. The Labute approximate surface area is 341 Å². The number of hydrogen-bond acceptors (Lipinski definition) is 6. The SMILES string of the molecule is N#Cc1ccc(-c2ccc(-c3cc(-c4ccc(-c5ccc(C#N)cc5)cc4)c4oc5cccc(C6N=C(c7ccccc7)N=C(c7ccccc7)N6)c5c4c3)cc2)cc1. The first-order valence-electron chi connectivity index (χ1n) is 19.4. The fraction of sp³-hybridized carbons (Fsp3) is 0.0189. The zero-order valence-corrected chi connectivity index (χ0v) is 31.7. The molecular weight excluding hydrogens is 723 g/mol. The number of nitrogens with zero attached hydrogens (tertiary/aromatic N) is 4. The van der Waals surface area contributed by atoms with Gasteiger partial charge in [-0.15, -0.1) is 0 Å². The molecule has 276 valence electrons. The predicted octanol–water partition coefficient (Wildman–Crippen LogP) is 12.5. The molecule has 10 rings (SSSR count). The van der Waals surface area contributed by atoms with Gasteiger partial charge >= 0.3 is 0 Å². The molecule has 0 amide bonds. The summed E-state index contributed by atoms with van der Waals surface area (Å²) in [5, 5.41) is 24.3. The van der Waals surface area contributed by atoms with Crippen molar-refractivity contribution in [2.24, 2.45) is 9.98 Å². The van der Waals surface area contributed by atoms with Crippen molar-refractivity contribution in [3.8, 4) is 56.6 Å². The second-order valence-corrected chi connectivity index (χ2v) is 14.4. The number of benzene rings is 8. The number of furan rings is 1. The van der Waals surface area contributed by atoms with E-state index >= 15 is 0 Å². The molecule has 1 unspecified atom stereocenters. The van der Waals surface area contributed by atoms with Gasteiger partial charge in [-0.25, -0.2) is 9.98 Å². The minimum absolute atomic E-state index is 0.451. The van der Waals surface area contributed by atoms with Crippen LogP contribution in [0.5, 0.6) is 0 Å². The van der Waals surface area contributed by atoms with Gasteiger partial charge in [-0.3, -0.25) is 0 Å². The lowest BCUT2D eigenvalue weighted by Crippen LogP contribution is -2.33. The van der Waals surface area contributed by atoms with Gasteiger partial charge in [0.15, 0.2) is 5.84 Å². The summed E-state index contributed by atoms with van der Waals surface area (Å²) in [4.78, 5) is 10.2. The second-order valence-electron chi connectivity index (χ2n) is 14.4. The average molecular weight is 756 g/mol. The van der Waals surface area contributed by atoms with Crippen LogP contribution in [0.4, 0.5) is 0 Å². The molecule has 1 aliphatic rings. The first-order chi connectivity index (χ1) is 29.1. The van der Waals surface area contributed by atoms with E-state index < -0.39 is 6.17 Å². The Balaban J connectivity index is 1.14. The molecule has 2 heterocycles. The number of nitrogens with one attached hydrogen (secondary N) is 1. The molecule has 0 saturated heterocycles. The minimum Gasteiger partial charge on any atom is -0.455 e. The molecule has 1 atom stereocenters. The monoisotopic (exact) mass is 755 g/mol. The number of rotatable bonds is 7. The van der Waals surface area contributed by atoms with Crippen molar-refractivity contribution in [1.29, 1.82) is 10.5 Å². The molecule has 1 aromatic heterocycles. The molecule has 9 aromatic rings. The van der Waals surface area contributed by atoms with Crippen molar-refractivity contribution < 1.29 is 4.42 Å². The fourth-order valence-electron chi connectivity index (χ4n) is 7.81. The molecule has 0 saturated carbocycles. The summed E-state index contributed by atoms with van der Waals surface area (Å²) in [5.74, 6) is 1.41. The number of nitriles is 2. The van der Waals surface area contributed by atoms with Crippen molar-refractivity contribution in [2.45, 2.75) is 6.17 Å². The van der Waals surface area contributed by atoms with E-state index in [1.807, 2.05) is 109 Å². The lowest BCUT2D eigenvalue weighted by molar-refractivity contribution is 0.663. The van der Waals surface area contributed by atoms with Gasteiger partial charge in [0.25, 0.3) is 0 Å². The average Bonchev–Trinajstić information content (AvgIpc) is 3.71. The highest BCUT2D eigenvalue weighted by molar-refractivity contribution is 6.15. The van der Waals surface area contributed by atoms with Gasteiger partial charge < -0.3 is 9.73 Å². The Hall–Kier alpha value is -8.32. The maximum absolute atomic E-state index is 9.31. The topological polar surface area (TPSA) is 97.5 Å². The van der Waals surface area contributed by atoms with E-state index in [0.29, 0.717) is 17.0 Å². The molecule has 1 aliphatic heterocycles. The number of hydrogen-bond donors (Lipinski definition) is 1. The van der Waals surface area contributed by atoms with Crippen molar-refractivity contribution in [2.75, 3.05) is 0 Å². The smallest absolute Gasteiger partial charge is 0.159 e.